The van der Waals surface area contributed by atoms with E-state index < -0.39 is 15.9 Å². The summed E-state index contributed by atoms with van der Waals surface area (Å²) in [6.07, 6.45) is 1.27. The summed E-state index contributed by atoms with van der Waals surface area (Å²) in [7, 11) is -0.865. The third-order valence-corrected chi connectivity index (χ3v) is 5.83. The lowest BCUT2D eigenvalue weighted by molar-refractivity contribution is -0.127. The molecule has 0 unspecified atom stereocenters. The minimum absolute atomic E-state index is 0.0233. The molecule has 0 aliphatic rings. The molecule has 0 heterocycles. The number of benzene rings is 2. The molecule has 2 rings (SSSR count). The van der Waals surface area contributed by atoms with Crippen LogP contribution < -0.4 is 14.2 Å². The second-order valence-corrected chi connectivity index (χ2v) is 9.09. The predicted octanol–water partition coefficient (Wildman–Crippen LogP) is 4.16. The maximum absolute atomic E-state index is 12.6. The number of carbonyl (C=O) groups is 1. The van der Waals surface area contributed by atoms with Crippen molar-refractivity contribution in [2.45, 2.75) is 19.4 Å². The Morgan fingerprint density at radius 3 is 2.40 bits per heavy atom. The number of nitrogens with zero attached hydrogens (tertiary/aromatic N) is 1. The molecule has 1 amide bonds. The molecular formula is C20H23Cl2NO6S. The van der Waals surface area contributed by atoms with Crippen molar-refractivity contribution in [1.82, 2.24) is 4.31 Å². The lowest BCUT2D eigenvalue weighted by Crippen LogP contribution is -2.35. The van der Waals surface area contributed by atoms with Gasteiger partial charge in [-0.25, -0.2) is 12.7 Å². The first-order chi connectivity index (χ1) is 14.2. The minimum atomic E-state index is -3.80. The molecule has 0 fully saturated rings. The molecule has 0 bridgehead atoms. The van der Waals surface area contributed by atoms with Crippen molar-refractivity contribution in [2.24, 2.45) is 0 Å². The third kappa shape index (κ3) is 6.42. The molecule has 0 aromatic heterocycles. The highest BCUT2D eigenvalue weighted by Gasteiger charge is 2.25. The van der Waals surface area contributed by atoms with Crippen LogP contribution in [0, 0.1) is 0 Å². The number of methoxy groups -OCH3 is 2. The maximum atomic E-state index is 12.6. The van der Waals surface area contributed by atoms with Gasteiger partial charge >= 0.3 is 0 Å². The monoisotopic (exact) mass is 475 g/mol. The highest BCUT2D eigenvalue weighted by atomic mass is 35.5. The zero-order valence-corrected chi connectivity index (χ0v) is 19.2. The molecule has 0 spiro atoms. The van der Waals surface area contributed by atoms with Crippen molar-refractivity contribution in [3.05, 3.63) is 52.0 Å². The normalized spacial score (nSPS) is 11.1. The minimum Gasteiger partial charge on any atom is -0.493 e. The number of hydrogen-bond donors (Lipinski definition) is 0. The van der Waals surface area contributed by atoms with E-state index in [4.69, 9.17) is 37.4 Å². The van der Waals surface area contributed by atoms with Gasteiger partial charge in [-0.3, -0.25) is 4.79 Å². The SMILES string of the molecule is COc1cccc(CN(C(=O)CCCOc2ccc(Cl)cc2Cl)S(C)(=O)=O)c1OC. The zero-order chi connectivity index (χ0) is 22.3. The first kappa shape index (κ1) is 24.1. The highest BCUT2D eigenvalue weighted by Crippen LogP contribution is 2.32. The Balaban J connectivity index is 2.04. The summed E-state index contributed by atoms with van der Waals surface area (Å²) >= 11 is 11.9. The number of rotatable bonds is 10. The summed E-state index contributed by atoms with van der Waals surface area (Å²) in [5.41, 5.74) is 0.514. The first-order valence-electron chi connectivity index (χ1n) is 8.95. The molecule has 164 valence electrons. The van der Waals surface area contributed by atoms with E-state index in [0.717, 1.165) is 10.6 Å². The summed E-state index contributed by atoms with van der Waals surface area (Å²) in [5, 5.41) is 0.844. The second-order valence-electron chi connectivity index (χ2n) is 6.34. The van der Waals surface area contributed by atoms with E-state index >= 15 is 0 Å². The van der Waals surface area contributed by atoms with Crippen LogP contribution in [0.4, 0.5) is 0 Å². The molecule has 2 aromatic carbocycles. The lowest BCUT2D eigenvalue weighted by atomic mass is 10.1. The van der Waals surface area contributed by atoms with Gasteiger partial charge in [0.1, 0.15) is 5.75 Å². The number of sulfonamides is 1. The van der Waals surface area contributed by atoms with Crippen LogP contribution in [0.3, 0.4) is 0 Å². The van der Waals surface area contributed by atoms with Gasteiger partial charge in [-0.05, 0) is 30.7 Å². The third-order valence-electron chi connectivity index (χ3n) is 4.16. The highest BCUT2D eigenvalue weighted by molar-refractivity contribution is 7.88. The Hall–Kier alpha value is -2.16. The summed E-state index contributed by atoms with van der Waals surface area (Å²) < 4.78 is 41.4. The summed E-state index contributed by atoms with van der Waals surface area (Å²) in [6, 6.07) is 9.89. The summed E-state index contributed by atoms with van der Waals surface area (Å²) in [5.74, 6) is 0.717. The van der Waals surface area contributed by atoms with Crippen molar-refractivity contribution in [3.8, 4) is 17.2 Å². The zero-order valence-electron chi connectivity index (χ0n) is 16.9. The van der Waals surface area contributed by atoms with Gasteiger partial charge in [-0.15, -0.1) is 0 Å². The molecular weight excluding hydrogens is 453 g/mol. The van der Waals surface area contributed by atoms with Crippen LogP contribution in [-0.4, -0.2) is 45.7 Å². The van der Waals surface area contributed by atoms with Gasteiger partial charge < -0.3 is 14.2 Å². The van der Waals surface area contributed by atoms with E-state index in [0.29, 0.717) is 39.3 Å². The van der Waals surface area contributed by atoms with Crippen LogP contribution >= 0.6 is 23.2 Å². The summed E-state index contributed by atoms with van der Waals surface area (Å²) in [6.45, 7) is 0.0229. The van der Waals surface area contributed by atoms with Gasteiger partial charge in [0.05, 0.1) is 38.6 Å². The van der Waals surface area contributed by atoms with Crippen molar-refractivity contribution in [3.63, 3.8) is 0 Å². The Morgan fingerprint density at radius 1 is 1.07 bits per heavy atom. The molecule has 0 N–H and O–H groups in total. The van der Waals surface area contributed by atoms with E-state index in [-0.39, 0.29) is 19.6 Å². The average Bonchev–Trinajstić information content (AvgIpc) is 2.69. The Morgan fingerprint density at radius 2 is 1.80 bits per heavy atom. The smallest absolute Gasteiger partial charge is 0.236 e. The molecule has 0 aliphatic heterocycles. The first-order valence-corrected chi connectivity index (χ1v) is 11.6. The number of amides is 1. The molecule has 2 aromatic rings. The average molecular weight is 476 g/mol. The number of carbonyl (C=O) groups excluding carboxylic acids is 1. The van der Waals surface area contributed by atoms with Gasteiger partial charge in [0, 0.05) is 17.0 Å². The fourth-order valence-electron chi connectivity index (χ4n) is 2.75. The fourth-order valence-corrected chi connectivity index (χ4v) is 4.04. The largest absolute Gasteiger partial charge is 0.493 e. The van der Waals surface area contributed by atoms with Gasteiger partial charge in [0.25, 0.3) is 0 Å². The van der Waals surface area contributed by atoms with Crippen LogP contribution in [0.1, 0.15) is 18.4 Å². The number of para-hydroxylation sites is 1. The Bertz CT molecular complexity index is 997. The van der Waals surface area contributed by atoms with Gasteiger partial charge in [-0.1, -0.05) is 35.3 Å². The van der Waals surface area contributed by atoms with Crippen molar-refractivity contribution < 1.29 is 27.4 Å². The second kappa shape index (κ2) is 10.7. The molecule has 10 heteroatoms. The van der Waals surface area contributed by atoms with Crippen molar-refractivity contribution >= 4 is 39.1 Å². The molecule has 30 heavy (non-hydrogen) atoms. The fraction of sp³-hybridized carbons (Fsp3) is 0.350. The number of halogens is 2. The van der Waals surface area contributed by atoms with E-state index in [1.165, 1.54) is 14.2 Å². The maximum Gasteiger partial charge on any atom is 0.236 e. The van der Waals surface area contributed by atoms with Crippen LogP contribution in [0.5, 0.6) is 17.2 Å². The standard InChI is InChI=1S/C20H23Cl2NO6S/c1-27-18-7-4-6-14(20(18)28-2)13-23(30(3,25)26)19(24)8-5-11-29-17-10-9-15(21)12-16(17)22/h4,6-7,9-10,12H,5,8,11,13H2,1-3H3. The molecule has 0 atom stereocenters. The number of hydrogen-bond acceptors (Lipinski definition) is 6. The van der Waals surface area contributed by atoms with Crippen LogP contribution in [-0.2, 0) is 21.4 Å². The molecule has 0 aliphatic carbocycles. The van der Waals surface area contributed by atoms with Gasteiger partial charge in [0.2, 0.25) is 15.9 Å². The lowest BCUT2D eigenvalue weighted by Gasteiger charge is -2.22. The van der Waals surface area contributed by atoms with Crippen LogP contribution in [0.25, 0.3) is 0 Å². The van der Waals surface area contributed by atoms with E-state index in [1.54, 1.807) is 36.4 Å². The van der Waals surface area contributed by atoms with E-state index in [9.17, 15) is 13.2 Å². The van der Waals surface area contributed by atoms with Crippen molar-refractivity contribution in [2.75, 3.05) is 27.1 Å². The molecule has 0 saturated carbocycles. The van der Waals surface area contributed by atoms with E-state index in [1.807, 2.05) is 0 Å². The number of ether oxygens (including phenoxy) is 3. The van der Waals surface area contributed by atoms with Crippen LogP contribution in [0.2, 0.25) is 10.0 Å². The Labute approximate surface area is 186 Å². The quantitative estimate of drug-likeness (QED) is 0.479. The van der Waals surface area contributed by atoms with Crippen molar-refractivity contribution in [1.29, 1.82) is 0 Å². The van der Waals surface area contributed by atoms with Gasteiger partial charge in [0.15, 0.2) is 11.5 Å². The van der Waals surface area contributed by atoms with Crippen LogP contribution in [0.15, 0.2) is 36.4 Å². The Kier molecular flexibility index (Phi) is 8.64. The molecule has 0 saturated heterocycles. The van der Waals surface area contributed by atoms with E-state index in [2.05, 4.69) is 0 Å². The molecule has 7 nitrogen and oxygen atoms in total. The molecule has 0 radical (unpaired) electrons. The predicted molar refractivity (Wildman–Crippen MR) is 116 cm³/mol. The summed E-state index contributed by atoms with van der Waals surface area (Å²) in [4.78, 5) is 12.6. The topological polar surface area (TPSA) is 82.1 Å². The van der Waals surface area contributed by atoms with Gasteiger partial charge in [-0.2, -0.15) is 0 Å².